The predicted octanol–water partition coefficient (Wildman–Crippen LogP) is 3.83. The zero-order chi connectivity index (χ0) is 19.3. The Balaban J connectivity index is 2.59. The van der Waals surface area contributed by atoms with Crippen molar-refractivity contribution in [1.82, 2.24) is 0 Å². The molecule has 0 spiro atoms. The first-order chi connectivity index (χ1) is 11.5. The van der Waals surface area contributed by atoms with Crippen LogP contribution in [0, 0.1) is 10.8 Å². The van der Waals surface area contributed by atoms with Crippen molar-refractivity contribution in [2.45, 2.75) is 60.2 Å². The van der Waals surface area contributed by atoms with Crippen LogP contribution in [0.2, 0.25) is 0 Å². The average molecular weight is 352 g/mol. The fourth-order valence-electron chi connectivity index (χ4n) is 2.54. The molecule has 142 valence electrons. The van der Waals surface area contributed by atoms with Gasteiger partial charge in [0.25, 0.3) is 0 Å². The molecule has 1 aliphatic heterocycles. The smallest absolute Gasteiger partial charge is 0.333 e. The largest absolute Gasteiger partial charge is 0.462 e. The number of rotatable bonds is 9. The lowest BCUT2D eigenvalue weighted by molar-refractivity contribution is -0.276. The van der Waals surface area contributed by atoms with E-state index in [2.05, 4.69) is 13.2 Å². The Morgan fingerprint density at radius 2 is 1.72 bits per heavy atom. The molecular formula is C20H32O5. The predicted molar refractivity (Wildman–Crippen MR) is 97.0 cm³/mol. The number of hydrogen-bond acceptors (Lipinski definition) is 5. The molecule has 1 fully saturated rings. The fraction of sp³-hybridized carbons (Fsp3) is 0.700. The maximum Gasteiger partial charge on any atom is 0.333 e. The van der Waals surface area contributed by atoms with Gasteiger partial charge in [0, 0.05) is 17.4 Å². The molecule has 25 heavy (non-hydrogen) atoms. The number of ketones is 1. The number of allylic oxidation sites excluding steroid dienone is 1. The first-order valence-corrected chi connectivity index (χ1v) is 8.77. The molecular weight excluding hydrogens is 320 g/mol. The van der Waals surface area contributed by atoms with Gasteiger partial charge in [0.05, 0.1) is 18.6 Å². The summed E-state index contributed by atoms with van der Waals surface area (Å²) in [5, 5.41) is 0. The van der Waals surface area contributed by atoms with E-state index >= 15 is 0 Å². The van der Waals surface area contributed by atoms with Crippen molar-refractivity contribution in [2.75, 3.05) is 19.8 Å². The number of ether oxygens (including phenoxy) is 3. The van der Waals surface area contributed by atoms with Crippen LogP contribution < -0.4 is 0 Å². The Bertz CT molecular complexity index is 524. The highest BCUT2D eigenvalue weighted by molar-refractivity contribution is 5.94. The zero-order valence-electron chi connectivity index (χ0n) is 16.3. The Kier molecular flexibility index (Phi) is 7.57. The molecule has 5 nitrogen and oxygen atoms in total. The van der Waals surface area contributed by atoms with Gasteiger partial charge in [-0.2, -0.15) is 0 Å². The number of carbonyl (C=O) groups is 2. The molecule has 0 bridgehead atoms. The third kappa shape index (κ3) is 6.08. The van der Waals surface area contributed by atoms with Crippen LogP contribution in [0.4, 0.5) is 0 Å². The lowest BCUT2D eigenvalue weighted by atomic mass is 9.83. The highest BCUT2D eigenvalue weighted by Gasteiger charge is 2.42. The van der Waals surface area contributed by atoms with Crippen molar-refractivity contribution < 1.29 is 23.8 Å². The van der Waals surface area contributed by atoms with Gasteiger partial charge in [-0.3, -0.25) is 4.79 Å². The van der Waals surface area contributed by atoms with E-state index in [1.54, 1.807) is 13.8 Å². The van der Waals surface area contributed by atoms with Gasteiger partial charge in [0.1, 0.15) is 6.61 Å². The van der Waals surface area contributed by atoms with Crippen LogP contribution in [0.15, 0.2) is 24.3 Å². The third-order valence-electron chi connectivity index (χ3n) is 4.80. The van der Waals surface area contributed by atoms with Crippen LogP contribution in [-0.2, 0) is 23.8 Å². The van der Waals surface area contributed by atoms with Crippen LogP contribution in [0.5, 0.6) is 0 Å². The van der Waals surface area contributed by atoms with E-state index in [-0.39, 0.29) is 29.5 Å². The lowest BCUT2D eigenvalue weighted by Crippen LogP contribution is -2.49. The van der Waals surface area contributed by atoms with Gasteiger partial charge < -0.3 is 14.2 Å². The van der Waals surface area contributed by atoms with Crippen LogP contribution >= 0.6 is 0 Å². The Labute approximate surface area is 151 Å². The number of esters is 1. The maximum absolute atomic E-state index is 11.8. The topological polar surface area (TPSA) is 61.8 Å². The van der Waals surface area contributed by atoms with Gasteiger partial charge >= 0.3 is 5.97 Å². The van der Waals surface area contributed by atoms with E-state index in [1.165, 1.54) is 0 Å². The number of hydrogen-bond donors (Lipinski definition) is 0. The van der Waals surface area contributed by atoms with E-state index in [1.807, 2.05) is 20.8 Å². The molecule has 5 heteroatoms. The zero-order valence-corrected chi connectivity index (χ0v) is 16.3. The van der Waals surface area contributed by atoms with Crippen molar-refractivity contribution in [3.8, 4) is 0 Å². The summed E-state index contributed by atoms with van der Waals surface area (Å²) in [7, 11) is 0. The van der Waals surface area contributed by atoms with Crippen molar-refractivity contribution in [3.63, 3.8) is 0 Å². The molecule has 1 aliphatic rings. The van der Waals surface area contributed by atoms with E-state index in [0.29, 0.717) is 37.2 Å². The minimum atomic E-state index is -0.395. The first-order valence-electron chi connectivity index (χ1n) is 8.77. The van der Waals surface area contributed by atoms with E-state index < -0.39 is 5.97 Å². The summed E-state index contributed by atoms with van der Waals surface area (Å²) < 4.78 is 17.2. The summed E-state index contributed by atoms with van der Waals surface area (Å²) in [5.74, 6) is -0.327. The standard InChI is InChI=1S/C20H32O5/c1-8-20(11-23-17(22)15(4)5)12-24-18(25-13-20)19(6,7)10-9-16(21)14(2)3/h18H,2,4,8-13H2,1,3,5-7H3. The number of Topliss-reactive ketones (excluding diaryl/α,β-unsaturated/α-hetero) is 1. The second-order valence-electron chi connectivity index (χ2n) is 7.86. The van der Waals surface area contributed by atoms with Crippen molar-refractivity contribution in [2.24, 2.45) is 10.8 Å². The van der Waals surface area contributed by atoms with Gasteiger partial charge in [-0.25, -0.2) is 4.79 Å². The van der Waals surface area contributed by atoms with Crippen molar-refractivity contribution >= 4 is 11.8 Å². The molecule has 1 heterocycles. The van der Waals surface area contributed by atoms with Crippen LogP contribution in [-0.4, -0.2) is 37.9 Å². The molecule has 0 N–H and O–H groups in total. The summed E-state index contributed by atoms with van der Waals surface area (Å²) >= 11 is 0. The quantitative estimate of drug-likeness (QED) is 0.466. The molecule has 0 radical (unpaired) electrons. The van der Waals surface area contributed by atoms with Gasteiger partial charge in [-0.1, -0.05) is 33.9 Å². The maximum atomic E-state index is 11.8. The molecule has 0 amide bonds. The molecule has 0 aliphatic carbocycles. The van der Waals surface area contributed by atoms with Crippen LogP contribution in [0.3, 0.4) is 0 Å². The van der Waals surface area contributed by atoms with E-state index in [9.17, 15) is 9.59 Å². The minimum absolute atomic E-state index is 0.0681. The van der Waals surface area contributed by atoms with Gasteiger partial charge in [0.15, 0.2) is 12.1 Å². The van der Waals surface area contributed by atoms with Crippen molar-refractivity contribution in [1.29, 1.82) is 0 Å². The highest BCUT2D eigenvalue weighted by atomic mass is 16.7. The van der Waals surface area contributed by atoms with Crippen LogP contribution in [0.1, 0.15) is 53.9 Å². The molecule has 0 aromatic heterocycles. The summed E-state index contributed by atoms with van der Waals surface area (Å²) in [6, 6.07) is 0. The number of carbonyl (C=O) groups excluding carboxylic acids is 2. The van der Waals surface area contributed by atoms with Crippen LogP contribution in [0.25, 0.3) is 0 Å². The normalized spacial score (nSPS) is 23.8. The summed E-state index contributed by atoms with van der Waals surface area (Å²) in [6.45, 7) is 17.9. The summed E-state index contributed by atoms with van der Waals surface area (Å²) in [5.41, 5.74) is 0.320. The molecule has 1 saturated heterocycles. The molecule has 0 unspecified atom stereocenters. The van der Waals surface area contributed by atoms with E-state index in [0.717, 1.165) is 6.42 Å². The van der Waals surface area contributed by atoms with Gasteiger partial charge in [-0.15, -0.1) is 0 Å². The van der Waals surface area contributed by atoms with Gasteiger partial charge in [0.2, 0.25) is 0 Å². The molecule has 0 saturated carbocycles. The Morgan fingerprint density at radius 1 is 1.16 bits per heavy atom. The highest BCUT2D eigenvalue weighted by Crippen LogP contribution is 2.37. The molecule has 1 rings (SSSR count). The fourth-order valence-corrected chi connectivity index (χ4v) is 2.54. The van der Waals surface area contributed by atoms with Gasteiger partial charge in [-0.05, 0) is 32.3 Å². The van der Waals surface area contributed by atoms with E-state index in [4.69, 9.17) is 14.2 Å². The SMILES string of the molecule is C=C(C)C(=O)CCC(C)(C)C1OCC(CC)(COC(=O)C(=C)C)CO1. The molecule has 0 aromatic carbocycles. The van der Waals surface area contributed by atoms with Crippen molar-refractivity contribution in [3.05, 3.63) is 24.3 Å². The average Bonchev–Trinajstić information content (AvgIpc) is 2.57. The Morgan fingerprint density at radius 3 is 2.16 bits per heavy atom. The third-order valence-corrected chi connectivity index (χ3v) is 4.80. The monoisotopic (exact) mass is 352 g/mol. The summed E-state index contributed by atoms with van der Waals surface area (Å²) in [6.07, 6.45) is 1.48. The molecule has 0 aromatic rings. The second kappa shape index (κ2) is 8.77. The Hall–Kier alpha value is -1.46. The summed E-state index contributed by atoms with van der Waals surface area (Å²) in [4.78, 5) is 23.4. The second-order valence-corrected chi connectivity index (χ2v) is 7.86. The molecule has 0 atom stereocenters. The minimum Gasteiger partial charge on any atom is -0.462 e. The lowest BCUT2D eigenvalue weighted by Gasteiger charge is -2.44. The first kappa shape index (κ1) is 21.6.